The number of pyridine rings is 1. The van der Waals surface area contributed by atoms with Crippen LogP contribution < -0.4 is 5.32 Å². The molecular formula is C14H16N4O3. The second-order valence-corrected chi connectivity index (χ2v) is 4.38. The lowest BCUT2D eigenvalue weighted by atomic mass is 10.2. The first-order chi connectivity index (χ1) is 10.0. The van der Waals surface area contributed by atoms with E-state index in [9.17, 15) is 9.59 Å². The van der Waals surface area contributed by atoms with Crippen LogP contribution in [0.4, 0.5) is 5.82 Å². The fourth-order valence-electron chi connectivity index (χ4n) is 1.88. The molecule has 0 aliphatic carbocycles. The van der Waals surface area contributed by atoms with Crippen molar-refractivity contribution in [2.24, 2.45) is 0 Å². The molecule has 110 valence electrons. The van der Waals surface area contributed by atoms with Crippen molar-refractivity contribution in [3.05, 3.63) is 41.3 Å². The van der Waals surface area contributed by atoms with E-state index in [-0.39, 0.29) is 17.3 Å². The van der Waals surface area contributed by atoms with Gasteiger partial charge in [-0.15, -0.1) is 0 Å². The van der Waals surface area contributed by atoms with Crippen molar-refractivity contribution in [3.8, 4) is 0 Å². The number of carboxylic acids is 1. The van der Waals surface area contributed by atoms with Crippen molar-refractivity contribution >= 4 is 17.7 Å². The van der Waals surface area contributed by atoms with E-state index < -0.39 is 5.97 Å². The highest BCUT2D eigenvalue weighted by molar-refractivity contribution is 6.03. The highest BCUT2D eigenvalue weighted by Crippen LogP contribution is 2.11. The van der Waals surface area contributed by atoms with Crippen molar-refractivity contribution in [2.45, 2.75) is 26.8 Å². The average molecular weight is 288 g/mol. The summed E-state index contributed by atoms with van der Waals surface area (Å²) >= 11 is 0. The fraction of sp³-hybridized carbons (Fsp3) is 0.286. The van der Waals surface area contributed by atoms with Crippen LogP contribution in [0, 0.1) is 0 Å². The fourth-order valence-corrected chi connectivity index (χ4v) is 1.88. The van der Waals surface area contributed by atoms with Gasteiger partial charge in [-0.1, -0.05) is 6.92 Å². The Hall–Kier alpha value is -2.70. The molecule has 0 saturated heterocycles. The molecule has 21 heavy (non-hydrogen) atoms. The Labute approximate surface area is 121 Å². The molecule has 2 heterocycles. The lowest BCUT2D eigenvalue weighted by Crippen LogP contribution is -2.18. The minimum atomic E-state index is -1.07. The first kappa shape index (κ1) is 14.7. The Bertz CT molecular complexity index is 679. The van der Waals surface area contributed by atoms with Crippen molar-refractivity contribution in [1.29, 1.82) is 0 Å². The molecule has 0 aliphatic rings. The predicted molar refractivity (Wildman–Crippen MR) is 76.4 cm³/mol. The molecule has 2 rings (SSSR count). The third-order valence-electron chi connectivity index (χ3n) is 2.97. The van der Waals surface area contributed by atoms with Gasteiger partial charge in [0.1, 0.15) is 11.5 Å². The van der Waals surface area contributed by atoms with Crippen molar-refractivity contribution in [1.82, 2.24) is 14.8 Å². The minimum Gasteiger partial charge on any atom is -0.478 e. The summed E-state index contributed by atoms with van der Waals surface area (Å²) in [6.07, 6.45) is 2.08. The summed E-state index contributed by atoms with van der Waals surface area (Å²) in [4.78, 5) is 27.1. The number of rotatable bonds is 5. The molecule has 1 amide bonds. The number of carbonyl (C=O) groups is 2. The third-order valence-corrected chi connectivity index (χ3v) is 2.97. The molecule has 0 aromatic carbocycles. The minimum absolute atomic E-state index is 0.0681. The Kier molecular flexibility index (Phi) is 4.32. The number of carboxylic acid groups (broad SMARTS) is 1. The standard InChI is InChI=1S/C14H16N4O3/c1-3-10-8-11(18(4-2)17-10)13(19)16-12-7-9(14(20)21)5-6-15-12/h5-8H,3-4H2,1-2H3,(H,20,21)(H,15,16,19). The molecule has 2 aromatic heterocycles. The van der Waals surface area contributed by atoms with Gasteiger partial charge in [-0.3, -0.25) is 9.48 Å². The Balaban J connectivity index is 2.23. The number of anilines is 1. The SMILES string of the molecule is CCc1cc(C(=O)Nc2cc(C(=O)O)ccn2)n(CC)n1. The van der Waals surface area contributed by atoms with Crippen molar-refractivity contribution in [3.63, 3.8) is 0 Å². The summed E-state index contributed by atoms with van der Waals surface area (Å²) < 4.78 is 1.61. The van der Waals surface area contributed by atoms with Crippen LogP contribution >= 0.6 is 0 Å². The summed E-state index contributed by atoms with van der Waals surface area (Å²) in [6.45, 7) is 4.43. The van der Waals surface area contributed by atoms with Crippen LogP contribution in [0.1, 0.15) is 40.4 Å². The van der Waals surface area contributed by atoms with Gasteiger partial charge in [-0.25, -0.2) is 9.78 Å². The Morgan fingerprint density at radius 3 is 2.71 bits per heavy atom. The maximum absolute atomic E-state index is 12.2. The second-order valence-electron chi connectivity index (χ2n) is 4.38. The zero-order valence-corrected chi connectivity index (χ0v) is 11.8. The van der Waals surface area contributed by atoms with Gasteiger partial charge < -0.3 is 10.4 Å². The van der Waals surface area contributed by atoms with Gasteiger partial charge >= 0.3 is 5.97 Å². The number of aromatic nitrogens is 3. The molecule has 0 saturated carbocycles. The number of hydrogen-bond acceptors (Lipinski definition) is 4. The molecule has 2 aromatic rings. The topological polar surface area (TPSA) is 97.1 Å². The highest BCUT2D eigenvalue weighted by atomic mass is 16.4. The Morgan fingerprint density at radius 2 is 2.10 bits per heavy atom. The maximum Gasteiger partial charge on any atom is 0.335 e. The first-order valence-corrected chi connectivity index (χ1v) is 6.62. The van der Waals surface area contributed by atoms with Crippen LogP contribution in [0.2, 0.25) is 0 Å². The molecule has 0 bridgehead atoms. The molecular weight excluding hydrogens is 272 g/mol. The van der Waals surface area contributed by atoms with Crippen LogP contribution in [-0.2, 0) is 13.0 Å². The average Bonchev–Trinajstić information content (AvgIpc) is 2.91. The lowest BCUT2D eigenvalue weighted by Gasteiger charge is -2.06. The van der Waals surface area contributed by atoms with E-state index in [0.29, 0.717) is 12.2 Å². The van der Waals surface area contributed by atoms with E-state index in [4.69, 9.17) is 5.11 Å². The first-order valence-electron chi connectivity index (χ1n) is 6.62. The second kappa shape index (κ2) is 6.17. The molecule has 7 nitrogen and oxygen atoms in total. The number of amides is 1. The summed E-state index contributed by atoms with van der Waals surface area (Å²) in [7, 11) is 0. The van der Waals surface area contributed by atoms with Crippen LogP contribution in [0.3, 0.4) is 0 Å². The smallest absolute Gasteiger partial charge is 0.335 e. The van der Waals surface area contributed by atoms with Crippen LogP contribution in [-0.4, -0.2) is 31.7 Å². The zero-order chi connectivity index (χ0) is 15.4. The number of hydrogen-bond donors (Lipinski definition) is 2. The summed E-state index contributed by atoms with van der Waals surface area (Å²) in [5.74, 6) is -1.24. The lowest BCUT2D eigenvalue weighted by molar-refractivity contribution is 0.0696. The van der Waals surface area contributed by atoms with Gasteiger partial charge in [0.15, 0.2) is 0 Å². The molecule has 0 aliphatic heterocycles. The van der Waals surface area contributed by atoms with Gasteiger partial charge in [-0.05, 0) is 31.5 Å². The predicted octanol–water partition coefficient (Wildman–Crippen LogP) is 1.81. The quantitative estimate of drug-likeness (QED) is 0.874. The third kappa shape index (κ3) is 3.25. The van der Waals surface area contributed by atoms with E-state index in [2.05, 4.69) is 15.4 Å². The van der Waals surface area contributed by atoms with Gasteiger partial charge in [-0.2, -0.15) is 5.10 Å². The molecule has 0 spiro atoms. The van der Waals surface area contributed by atoms with Gasteiger partial charge in [0.25, 0.3) is 5.91 Å². The molecule has 0 atom stereocenters. The molecule has 7 heteroatoms. The van der Waals surface area contributed by atoms with Gasteiger partial charge in [0, 0.05) is 12.7 Å². The van der Waals surface area contributed by atoms with Crippen molar-refractivity contribution in [2.75, 3.05) is 5.32 Å². The van der Waals surface area contributed by atoms with Crippen LogP contribution in [0.25, 0.3) is 0 Å². The molecule has 0 radical (unpaired) electrons. The number of aryl methyl sites for hydroxylation is 2. The largest absolute Gasteiger partial charge is 0.478 e. The Morgan fingerprint density at radius 1 is 1.33 bits per heavy atom. The van der Waals surface area contributed by atoms with E-state index in [1.54, 1.807) is 10.7 Å². The summed E-state index contributed by atoms with van der Waals surface area (Å²) in [5, 5.41) is 15.8. The zero-order valence-electron chi connectivity index (χ0n) is 11.8. The monoisotopic (exact) mass is 288 g/mol. The summed E-state index contributed by atoms with van der Waals surface area (Å²) in [6, 6.07) is 4.40. The molecule has 2 N–H and O–H groups in total. The van der Waals surface area contributed by atoms with Crippen LogP contribution in [0.5, 0.6) is 0 Å². The maximum atomic E-state index is 12.2. The molecule has 0 fully saturated rings. The normalized spacial score (nSPS) is 10.4. The molecule has 0 unspecified atom stereocenters. The van der Waals surface area contributed by atoms with Gasteiger partial charge in [0.2, 0.25) is 0 Å². The van der Waals surface area contributed by atoms with E-state index in [1.165, 1.54) is 18.3 Å². The van der Waals surface area contributed by atoms with E-state index >= 15 is 0 Å². The number of nitrogens with zero attached hydrogens (tertiary/aromatic N) is 3. The summed E-state index contributed by atoms with van der Waals surface area (Å²) in [5.41, 5.74) is 1.32. The van der Waals surface area contributed by atoms with E-state index in [1.807, 2.05) is 13.8 Å². The van der Waals surface area contributed by atoms with E-state index in [0.717, 1.165) is 12.1 Å². The number of aromatic carboxylic acids is 1. The van der Waals surface area contributed by atoms with Gasteiger partial charge in [0.05, 0.1) is 11.3 Å². The van der Waals surface area contributed by atoms with Crippen molar-refractivity contribution < 1.29 is 14.7 Å². The highest BCUT2D eigenvalue weighted by Gasteiger charge is 2.15. The van der Waals surface area contributed by atoms with Crippen LogP contribution in [0.15, 0.2) is 24.4 Å². The number of nitrogens with one attached hydrogen (secondary N) is 1. The number of carbonyl (C=O) groups excluding carboxylic acids is 1.